The molecule has 2 unspecified atom stereocenters. The molecule has 0 amide bonds. The van der Waals surface area contributed by atoms with Gasteiger partial charge in [0.2, 0.25) is 0 Å². The van der Waals surface area contributed by atoms with Gasteiger partial charge in [0, 0.05) is 55.0 Å². The van der Waals surface area contributed by atoms with Crippen molar-refractivity contribution in [2.75, 3.05) is 19.8 Å². The van der Waals surface area contributed by atoms with E-state index in [4.69, 9.17) is 31.0 Å². The molecule has 2 fully saturated rings. The molecule has 0 spiro atoms. The van der Waals surface area contributed by atoms with E-state index < -0.39 is 5.82 Å². The summed E-state index contributed by atoms with van der Waals surface area (Å²) in [6.45, 7) is 2.87. The van der Waals surface area contributed by atoms with E-state index in [0.29, 0.717) is 46.3 Å². The summed E-state index contributed by atoms with van der Waals surface area (Å²) in [5.41, 5.74) is 1.96. The molecule has 3 aliphatic heterocycles. The third-order valence-corrected chi connectivity index (χ3v) is 7.77. The first-order chi connectivity index (χ1) is 16.6. The van der Waals surface area contributed by atoms with Gasteiger partial charge in [-0.2, -0.15) is 0 Å². The Morgan fingerprint density at radius 1 is 1.09 bits per heavy atom. The second-order valence-electron chi connectivity index (χ2n) is 9.58. The van der Waals surface area contributed by atoms with Crippen molar-refractivity contribution >= 4 is 22.5 Å². The maximum atomic E-state index is 15.1. The van der Waals surface area contributed by atoms with Gasteiger partial charge in [0.05, 0.1) is 17.2 Å². The number of benzene rings is 1. The Labute approximate surface area is 202 Å². The average Bonchev–Trinajstić information content (AvgIpc) is 3.34. The van der Waals surface area contributed by atoms with E-state index in [9.17, 15) is 4.79 Å². The van der Waals surface area contributed by atoms with Crippen molar-refractivity contribution in [3.8, 4) is 11.3 Å². The molecule has 178 valence electrons. The zero-order chi connectivity index (χ0) is 23.2. The average molecular weight is 484 g/mol. The van der Waals surface area contributed by atoms with Crippen LogP contribution < -0.4 is 5.56 Å². The van der Waals surface area contributed by atoms with Crippen LogP contribution in [0.4, 0.5) is 4.39 Å². The van der Waals surface area contributed by atoms with Crippen molar-refractivity contribution in [1.82, 2.24) is 14.5 Å². The second kappa shape index (κ2) is 9.02. The van der Waals surface area contributed by atoms with Crippen molar-refractivity contribution < 1.29 is 13.9 Å². The Balaban J connectivity index is 1.48. The summed E-state index contributed by atoms with van der Waals surface area (Å²) in [5, 5.41) is 0.827. The van der Waals surface area contributed by atoms with Crippen LogP contribution in [0.2, 0.25) is 5.02 Å². The van der Waals surface area contributed by atoms with Crippen LogP contribution in [0.15, 0.2) is 29.1 Å². The second-order valence-corrected chi connectivity index (χ2v) is 10.0. The number of ether oxygens (including phenoxy) is 2. The Hall–Kier alpha value is -2.35. The van der Waals surface area contributed by atoms with Crippen LogP contribution in [0.3, 0.4) is 0 Å². The Bertz CT molecular complexity index is 1300. The fourth-order valence-corrected chi connectivity index (χ4v) is 5.85. The van der Waals surface area contributed by atoms with Gasteiger partial charge in [-0.3, -0.25) is 14.3 Å². The maximum absolute atomic E-state index is 15.1. The number of hydrogen-bond donors (Lipinski definition) is 0. The molecule has 6 rings (SSSR count). The van der Waals surface area contributed by atoms with Gasteiger partial charge >= 0.3 is 0 Å². The van der Waals surface area contributed by atoms with E-state index in [1.165, 1.54) is 6.07 Å². The minimum absolute atomic E-state index is 0.0650. The molecule has 0 radical (unpaired) electrons. The van der Waals surface area contributed by atoms with Crippen molar-refractivity contribution in [1.29, 1.82) is 0 Å². The summed E-state index contributed by atoms with van der Waals surface area (Å²) in [4.78, 5) is 23.2. The van der Waals surface area contributed by atoms with Crippen molar-refractivity contribution in [2.45, 2.75) is 57.1 Å². The monoisotopic (exact) mass is 483 g/mol. The zero-order valence-electron chi connectivity index (χ0n) is 18.9. The number of fused-ring (bicyclic) bond motifs is 2. The van der Waals surface area contributed by atoms with Crippen LogP contribution in [-0.2, 0) is 22.4 Å². The summed E-state index contributed by atoms with van der Waals surface area (Å²) in [6, 6.07) is 6.46. The summed E-state index contributed by atoms with van der Waals surface area (Å²) in [7, 11) is 0. The first kappa shape index (κ1) is 22.1. The minimum Gasteiger partial charge on any atom is -0.381 e. The lowest BCUT2D eigenvalue weighted by molar-refractivity contribution is -0.0615. The molecule has 8 heteroatoms. The van der Waals surface area contributed by atoms with E-state index in [-0.39, 0.29) is 17.6 Å². The number of hydrogen-bond acceptors (Lipinski definition) is 5. The number of nitrogens with zero attached hydrogens (tertiary/aromatic N) is 3. The molecule has 0 aliphatic carbocycles. The SMILES string of the molecule is O=c1c2cc(C3CCOC(C4CCOCC4)C3)nc(-c3ccc(Cl)cc3F)c2nc2n1CCC2. The van der Waals surface area contributed by atoms with Gasteiger partial charge in [-0.1, -0.05) is 11.6 Å². The predicted octanol–water partition coefficient (Wildman–Crippen LogP) is 4.89. The summed E-state index contributed by atoms with van der Waals surface area (Å²) in [5.74, 6) is 0.889. The highest BCUT2D eigenvalue weighted by Crippen LogP contribution is 2.38. The normalized spacial score (nSPS) is 23.4. The highest BCUT2D eigenvalue weighted by Gasteiger charge is 2.33. The third-order valence-electron chi connectivity index (χ3n) is 7.53. The third kappa shape index (κ3) is 3.93. The van der Waals surface area contributed by atoms with Crippen LogP contribution in [0.5, 0.6) is 0 Å². The zero-order valence-corrected chi connectivity index (χ0v) is 19.7. The minimum atomic E-state index is -0.465. The van der Waals surface area contributed by atoms with Gasteiger partial charge in [-0.05, 0) is 62.3 Å². The van der Waals surface area contributed by atoms with Crippen LogP contribution in [0.1, 0.15) is 49.5 Å². The Morgan fingerprint density at radius 3 is 2.76 bits per heavy atom. The molecule has 0 saturated carbocycles. The highest BCUT2D eigenvalue weighted by molar-refractivity contribution is 6.30. The first-order valence-corrected chi connectivity index (χ1v) is 12.6. The summed E-state index contributed by atoms with van der Waals surface area (Å²) < 4.78 is 28.5. The van der Waals surface area contributed by atoms with E-state index in [2.05, 4.69) is 0 Å². The smallest absolute Gasteiger partial charge is 0.261 e. The Morgan fingerprint density at radius 2 is 1.94 bits per heavy atom. The predicted molar refractivity (Wildman–Crippen MR) is 128 cm³/mol. The van der Waals surface area contributed by atoms with Gasteiger partial charge in [-0.25, -0.2) is 9.37 Å². The number of rotatable bonds is 3. The first-order valence-electron chi connectivity index (χ1n) is 12.2. The van der Waals surface area contributed by atoms with Crippen LogP contribution in [0.25, 0.3) is 22.2 Å². The van der Waals surface area contributed by atoms with Gasteiger partial charge in [0.1, 0.15) is 17.2 Å². The molecule has 1 aromatic carbocycles. The fraction of sp³-hybridized carbons (Fsp3) is 0.500. The van der Waals surface area contributed by atoms with E-state index >= 15 is 4.39 Å². The van der Waals surface area contributed by atoms with Gasteiger partial charge < -0.3 is 9.47 Å². The van der Waals surface area contributed by atoms with Gasteiger partial charge in [0.15, 0.2) is 0 Å². The summed E-state index contributed by atoms with van der Waals surface area (Å²) in [6.07, 6.45) is 5.43. The number of aromatic nitrogens is 3. The molecule has 2 aromatic heterocycles. The lowest BCUT2D eigenvalue weighted by Gasteiger charge is -2.36. The quantitative estimate of drug-likeness (QED) is 0.531. The Kier molecular flexibility index (Phi) is 5.87. The van der Waals surface area contributed by atoms with Crippen molar-refractivity contribution in [3.05, 3.63) is 57.0 Å². The molecule has 6 nitrogen and oxygen atoms in total. The van der Waals surface area contributed by atoms with E-state index in [0.717, 1.165) is 63.3 Å². The highest BCUT2D eigenvalue weighted by atomic mass is 35.5. The lowest BCUT2D eigenvalue weighted by atomic mass is 9.83. The molecular weight excluding hydrogens is 457 g/mol. The van der Waals surface area contributed by atoms with Crippen molar-refractivity contribution in [3.63, 3.8) is 0 Å². The molecule has 5 heterocycles. The number of pyridine rings is 1. The molecule has 0 bridgehead atoms. The van der Waals surface area contributed by atoms with E-state index in [1.807, 2.05) is 6.07 Å². The summed E-state index contributed by atoms with van der Waals surface area (Å²) >= 11 is 6.02. The standard InChI is InChI=1S/C26H27ClFN3O3/c27-17-3-4-18(20(28)13-17)24-25-19(26(32)31-8-1-2-23(31)30-25)14-21(29-24)16-7-11-34-22(12-16)15-5-9-33-10-6-15/h3-4,13-16,22H,1-2,5-12H2. The van der Waals surface area contributed by atoms with Crippen LogP contribution in [-0.4, -0.2) is 40.5 Å². The molecule has 3 aromatic rings. The van der Waals surface area contributed by atoms with Crippen molar-refractivity contribution in [2.24, 2.45) is 5.92 Å². The molecule has 2 atom stereocenters. The van der Waals surface area contributed by atoms with Crippen LogP contribution in [0, 0.1) is 11.7 Å². The topological polar surface area (TPSA) is 66.2 Å². The van der Waals surface area contributed by atoms with E-state index in [1.54, 1.807) is 16.7 Å². The molecule has 2 saturated heterocycles. The fourth-order valence-electron chi connectivity index (χ4n) is 5.69. The number of aryl methyl sites for hydroxylation is 1. The van der Waals surface area contributed by atoms with Gasteiger partial charge in [0.25, 0.3) is 5.56 Å². The maximum Gasteiger partial charge on any atom is 0.261 e. The largest absolute Gasteiger partial charge is 0.381 e. The van der Waals surface area contributed by atoms with Gasteiger partial charge in [-0.15, -0.1) is 0 Å². The molecule has 3 aliphatic rings. The lowest BCUT2D eigenvalue weighted by Crippen LogP contribution is -2.35. The van der Waals surface area contributed by atoms with Crippen LogP contribution >= 0.6 is 11.6 Å². The number of halogens is 2. The molecule has 34 heavy (non-hydrogen) atoms. The molecular formula is C26H27ClFN3O3. The molecule has 0 N–H and O–H groups in total.